The maximum absolute atomic E-state index is 15.0. The van der Waals surface area contributed by atoms with Gasteiger partial charge in [0.1, 0.15) is 5.82 Å². The maximum atomic E-state index is 15.0. The van der Waals surface area contributed by atoms with Gasteiger partial charge in [0.2, 0.25) is 0 Å². The number of fused-ring (bicyclic) bond motifs is 1. The van der Waals surface area contributed by atoms with Crippen molar-refractivity contribution in [1.29, 1.82) is 0 Å². The van der Waals surface area contributed by atoms with Crippen molar-refractivity contribution in [3.63, 3.8) is 0 Å². The van der Waals surface area contributed by atoms with Crippen LogP contribution < -0.4 is 4.31 Å². The molecular formula is C30H36ClFN6O4S. The second-order valence-electron chi connectivity index (χ2n) is 11.4. The van der Waals surface area contributed by atoms with E-state index >= 15 is 4.39 Å². The van der Waals surface area contributed by atoms with Crippen LogP contribution in [0.4, 0.5) is 20.7 Å². The minimum atomic E-state index is -3.92. The molecule has 5 rings (SSSR count). The van der Waals surface area contributed by atoms with E-state index in [1.165, 1.54) is 15.3 Å². The highest BCUT2D eigenvalue weighted by molar-refractivity contribution is 8.24. The van der Waals surface area contributed by atoms with Gasteiger partial charge in [-0.3, -0.25) is 9.11 Å². The Bertz CT molecular complexity index is 1590. The number of piperazine rings is 1. The van der Waals surface area contributed by atoms with Gasteiger partial charge in [-0.2, -0.15) is 0 Å². The molecule has 3 heterocycles. The summed E-state index contributed by atoms with van der Waals surface area (Å²) in [5, 5.41) is 9.69. The lowest BCUT2D eigenvalue weighted by Gasteiger charge is -2.48. The highest BCUT2D eigenvalue weighted by Crippen LogP contribution is 2.58. The first-order valence-electron chi connectivity index (χ1n) is 13.9. The molecule has 1 unspecified atom stereocenters. The molecule has 43 heavy (non-hydrogen) atoms. The summed E-state index contributed by atoms with van der Waals surface area (Å²) in [7, 11) is 0.0404. The monoisotopic (exact) mass is 630 g/mol. The van der Waals surface area contributed by atoms with Crippen molar-refractivity contribution in [3.05, 3.63) is 76.1 Å². The predicted octanol–water partition coefficient (Wildman–Crippen LogP) is 6.89. The molecule has 0 aliphatic carbocycles. The average Bonchev–Trinajstić information content (AvgIpc) is 2.93. The molecule has 1 amide bonds. The van der Waals surface area contributed by atoms with Gasteiger partial charge in [-0.25, -0.2) is 18.5 Å². The summed E-state index contributed by atoms with van der Waals surface area (Å²) >= 11 is 6.76. The van der Waals surface area contributed by atoms with Gasteiger partial charge in [0, 0.05) is 37.8 Å². The molecular weight excluding hydrogens is 595 g/mol. The molecule has 0 spiro atoms. The van der Waals surface area contributed by atoms with Crippen LogP contribution in [0.2, 0.25) is 5.02 Å². The zero-order valence-corrected chi connectivity index (χ0v) is 26.3. The van der Waals surface area contributed by atoms with E-state index in [4.69, 9.17) is 16.6 Å². The van der Waals surface area contributed by atoms with E-state index in [0.717, 1.165) is 11.1 Å². The number of amidine groups is 1. The molecule has 230 valence electrons. The number of hydrogen-bond acceptors (Lipinski definition) is 8. The number of aromatic nitrogens is 1. The number of nitrogens with zero attached hydrogens (tertiary/aromatic N) is 6. The summed E-state index contributed by atoms with van der Waals surface area (Å²) in [5.41, 5.74) is 3.18. The largest absolute Gasteiger partial charge is 0.465 e. The Labute approximate surface area is 257 Å². The topological polar surface area (TPSA) is 116 Å². The Morgan fingerprint density at radius 3 is 2.49 bits per heavy atom. The Morgan fingerprint density at radius 2 is 1.86 bits per heavy atom. The van der Waals surface area contributed by atoms with E-state index in [1.54, 1.807) is 24.3 Å². The number of amides is 1. The first-order valence-corrected chi connectivity index (χ1v) is 15.8. The van der Waals surface area contributed by atoms with Crippen molar-refractivity contribution in [3.8, 4) is 11.3 Å². The molecule has 2 aromatic carbocycles. The van der Waals surface area contributed by atoms with Crippen molar-refractivity contribution < 1.29 is 23.4 Å². The molecule has 0 bridgehead atoms. The second-order valence-corrected chi connectivity index (χ2v) is 13.4. The van der Waals surface area contributed by atoms with Crippen LogP contribution in [0, 0.1) is 5.82 Å². The summed E-state index contributed by atoms with van der Waals surface area (Å²) in [4.78, 5) is 21.7. The predicted molar refractivity (Wildman–Crippen MR) is 170 cm³/mol. The normalized spacial score (nSPS) is 19.0. The Balaban J connectivity index is 1.73. The molecule has 13 heteroatoms. The molecule has 2 aliphatic rings. The molecule has 3 aromatic rings. The lowest BCUT2D eigenvalue weighted by Crippen LogP contribution is -2.56. The molecule has 1 atom stereocenters. The van der Waals surface area contributed by atoms with Crippen molar-refractivity contribution in [1.82, 2.24) is 19.7 Å². The SMILES string of the molecule is CC(C)c1cc(CN(C)C)ccc1N1c2nc(-c3ccccc3F)c(Cl)cc2C(N2CCN(C(=O)O)CC2C)=NS1(O)O. The Morgan fingerprint density at radius 1 is 1.14 bits per heavy atom. The standard InChI is InChI=1S/C30H36ClFN6O4S/c1-18(2)22-14-20(17-35(4)5)10-11-26(22)38-28-23(15-24(31)27(33-28)21-8-6-7-9-25(21)32)29(34-43(38,41)42)37-13-12-36(30(39)40)16-19(37)3/h6-11,14-15,18-19,41-42H,12-13,16-17H2,1-5H3,(H,39,40). The molecule has 10 nitrogen and oxygen atoms in total. The van der Waals surface area contributed by atoms with Crippen LogP contribution >= 0.6 is 22.6 Å². The molecule has 1 aromatic heterocycles. The van der Waals surface area contributed by atoms with Gasteiger partial charge in [-0.1, -0.05) is 49.7 Å². The average molecular weight is 631 g/mol. The van der Waals surface area contributed by atoms with Crippen LogP contribution in [-0.2, 0) is 6.54 Å². The highest BCUT2D eigenvalue weighted by Gasteiger charge is 2.41. The molecule has 3 N–H and O–H groups in total. The van der Waals surface area contributed by atoms with Gasteiger partial charge in [0.25, 0.3) is 0 Å². The maximum Gasteiger partial charge on any atom is 0.407 e. The van der Waals surface area contributed by atoms with Crippen molar-refractivity contribution >= 4 is 46.0 Å². The third-order valence-corrected chi connectivity index (χ3v) is 9.14. The third kappa shape index (κ3) is 6.02. The zero-order valence-electron chi connectivity index (χ0n) is 24.7. The highest BCUT2D eigenvalue weighted by atomic mass is 35.5. The van der Waals surface area contributed by atoms with Crippen LogP contribution in [0.15, 0.2) is 52.9 Å². The van der Waals surface area contributed by atoms with E-state index in [-0.39, 0.29) is 59.5 Å². The molecule has 0 saturated carbocycles. The van der Waals surface area contributed by atoms with Crippen LogP contribution in [0.3, 0.4) is 0 Å². The minimum absolute atomic E-state index is 0.00333. The number of halogens is 2. The number of carbonyl (C=O) groups is 1. The van der Waals surface area contributed by atoms with Gasteiger partial charge < -0.3 is 19.8 Å². The van der Waals surface area contributed by atoms with Crippen molar-refractivity contribution in [2.75, 3.05) is 38.0 Å². The Kier molecular flexibility index (Phi) is 8.61. The zero-order chi connectivity index (χ0) is 31.2. The number of benzene rings is 2. The number of carboxylic acid groups (broad SMARTS) is 1. The van der Waals surface area contributed by atoms with Crippen LogP contribution in [0.1, 0.15) is 43.4 Å². The van der Waals surface area contributed by atoms with Gasteiger partial charge >= 0.3 is 6.09 Å². The summed E-state index contributed by atoms with van der Waals surface area (Å²) in [6, 6.07) is 13.2. The van der Waals surface area contributed by atoms with E-state index in [1.807, 2.05) is 58.0 Å². The van der Waals surface area contributed by atoms with E-state index in [2.05, 4.69) is 9.30 Å². The summed E-state index contributed by atoms with van der Waals surface area (Å²) in [5.74, 6) is -0.103. The third-order valence-electron chi connectivity index (χ3n) is 7.57. The van der Waals surface area contributed by atoms with Gasteiger partial charge in [-0.15, -0.1) is 4.40 Å². The smallest absolute Gasteiger partial charge is 0.407 e. The molecule has 2 aliphatic heterocycles. The van der Waals surface area contributed by atoms with Crippen molar-refractivity contribution in [2.45, 2.75) is 39.3 Å². The lowest BCUT2D eigenvalue weighted by molar-refractivity contribution is 0.106. The molecule has 1 saturated heterocycles. The van der Waals surface area contributed by atoms with E-state index < -0.39 is 22.9 Å². The van der Waals surface area contributed by atoms with Crippen LogP contribution in [0.5, 0.6) is 0 Å². The minimum Gasteiger partial charge on any atom is -0.465 e. The van der Waals surface area contributed by atoms with E-state index in [9.17, 15) is 19.0 Å². The number of pyridine rings is 1. The fraction of sp³-hybridized carbons (Fsp3) is 0.367. The van der Waals surface area contributed by atoms with Gasteiger partial charge in [0.05, 0.1) is 22.0 Å². The molecule has 1 fully saturated rings. The van der Waals surface area contributed by atoms with E-state index in [0.29, 0.717) is 17.8 Å². The Hall–Kier alpha value is -3.42. The fourth-order valence-electron chi connectivity index (χ4n) is 5.58. The quantitative estimate of drug-likeness (QED) is 0.279. The fourth-order valence-corrected chi connectivity index (χ4v) is 7.15. The van der Waals surface area contributed by atoms with Crippen LogP contribution in [-0.4, -0.2) is 85.6 Å². The number of hydrogen-bond donors (Lipinski definition) is 3. The van der Waals surface area contributed by atoms with Crippen LogP contribution in [0.25, 0.3) is 11.3 Å². The summed E-state index contributed by atoms with van der Waals surface area (Å²) in [6.45, 7) is 7.26. The molecule has 0 radical (unpaired) electrons. The summed E-state index contributed by atoms with van der Waals surface area (Å²) < 4.78 is 44.4. The first-order chi connectivity index (χ1) is 20.3. The van der Waals surface area contributed by atoms with Crippen molar-refractivity contribution in [2.24, 2.45) is 4.40 Å². The summed E-state index contributed by atoms with van der Waals surface area (Å²) in [6.07, 6.45) is -1.02. The van der Waals surface area contributed by atoms with Gasteiger partial charge in [-0.05, 0) is 73.3 Å². The second kappa shape index (κ2) is 11.9. The number of rotatable bonds is 5. The lowest BCUT2D eigenvalue weighted by atomic mass is 9.98. The van der Waals surface area contributed by atoms with Gasteiger partial charge in [0.15, 0.2) is 11.7 Å². The number of anilines is 2. The first kappa shape index (κ1) is 31.0.